The Balaban J connectivity index is 3.93. The molecular weight excluding hydrogens is 180 g/mol. The minimum atomic E-state index is -0.613. The third-order valence-electron chi connectivity index (χ3n) is 2.16. The van der Waals surface area contributed by atoms with E-state index in [1.54, 1.807) is 0 Å². The van der Waals surface area contributed by atoms with Gasteiger partial charge in [0.15, 0.2) is 0 Å². The van der Waals surface area contributed by atoms with Crippen molar-refractivity contribution < 1.29 is 14.6 Å². The average molecular weight is 200 g/mol. The molecule has 0 aromatic heterocycles. The molecule has 0 aliphatic heterocycles. The Bertz CT molecular complexity index is 205. The molecule has 3 nitrogen and oxygen atoms in total. The molecule has 3 heteroatoms. The Labute approximate surface area is 85.8 Å². The summed E-state index contributed by atoms with van der Waals surface area (Å²) in [4.78, 5) is 10.9. The fourth-order valence-electron chi connectivity index (χ4n) is 1.03. The van der Waals surface area contributed by atoms with E-state index in [1.165, 1.54) is 12.7 Å². The molecule has 0 aromatic carbocycles. The van der Waals surface area contributed by atoms with Crippen LogP contribution in [-0.4, -0.2) is 24.3 Å². The van der Waals surface area contributed by atoms with E-state index in [4.69, 9.17) is 0 Å². The van der Waals surface area contributed by atoms with Crippen molar-refractivity contribution in [1.29, 1.82) is 0 Å². The first-order valence-corrected chi connectivity index (χ1v) is 4.85. The average Bonchev–Trinajstić information content (AvgIpc) is 2.13. The van der Waals surface area contributed by atoms with Gasteiger partial charge in [0, 0.05) is 0 Å². The molecule has 0 rings (SSSR count). The van der Waals surface area contributed by atoms with Crippen LogP contribution in [0.1, 0.15) is 33.6 Å². The summed E-state index contributed by atoms with van der Waals surface area (Å²) in [6.07, 6.45) is 2.32. The Hall–Kier alpha value is -0.830. The Morgan fingerprint density at radius 3 is 2.50 bits per heavy atom. The van der Waals surface area contributed by atoms with E-state index in [9.17, 15) is 9.90 Å². The van der Waals surface area contributed by atoms with Gasteiger partial charge in [-0.15, -0.1) is 0 Å². The summed E-state index contributed by atoms with van der Waals surface area (Å²) in [5, 5.41) is 9.60. The van der Waals surface area contributed by atoms with Crippen LogP contribution in [0.4, 0.5) is 0 Å². The van der Waals surface area contributed by atoms with Gasteiger partial charge >= 0.3 is 5.97 Å². The van der Waals surface area contributed by atoms with Crippen molar-refractivity contribution in [2.45, 2.75) is 39.7 Å². The maximum atomic E-state index is 10.9. The molecule has 0 saturated heterocycles. The van der Waals surface area contributed by atoms with Crippen LogP contribution < -0.4 is 0 Å². The van der Waals surface area contributed by atoms with Gasteiger partial charge in [-0.3, -0.25) is 4.79 Å². The van der Waals surface area contributed by atoms with Crippen molar-refractivity contribution in [3.63, 3.8) is 0 Å². The highest BCUT2D eigenvalue weighted by molar-refractivity contribution is 5.69. The quantitative estimate of drug-likeness (QED) is 0.544. The first-order chi connectivity index (χ1) is 6.47. The molecule has 0 fully saturated rings. The molecule has 14 heavy (non-hydrogen) atoms. The number of rotatable bonds is 5. The van der Waals surface area contributed by atoms with Crippen LogP contribution in [-0.2, 0) is 9.53 Å². The van der Waals surface area contributed by atoms with Crippen molar-refractivity contribution in [3.05, 3.63) is 11.6 Å². The lowest BCUT2D eigenvalue weighted by molar-refractivity contribution is -0.143. The summed E-state index contributed by atoms with van der Waals surface area (Å²) in [7, 11) is 1.33. The summed E-state index contributed by atoms with van der Waals surface area (Å²) < 4.78 is 4.48. The second-order valence-corrected chi connectivity index (χ2v) is 3.84. The van der Waals surface area contributed by atoms with Gasteiger partial charge in [0.2, 0.25) is 0 Å². The van der Waals surface area contributed by atoms with Gasteiger partial charge in [0.05, 0.1) is 19.6 Å². The highest BCUT2D eigenvalue weighted by Crippen LogP contribution is 2.13. The minimum Gasteiger partial charge on any atom is -0.469 e. The van der Waals surface area contributed by atoms with Crippen molar-refractivity contribution in [1.82, 2.24) is 0 Å². The zero-order valence-corrected chi connectivity index (χ0v) is 9.41. The second kappa shape index (κ2) is 6.60. The van der Waals surface area contributed by atoms with Gasteiger partial charge in [0.25, 0.3) is 0 Å². The highest BCUT2D eigenvalue weighted by Gasteiger charge is 2.17. The van der Waals surface area contributed by atoms with E-state index in [0.717, 1.165) is 6.42 Å². The van der Waals surface area contributed by atoms with Crippen LogP contribution in [0.25, 0.3) is 0 Å². The van der Waals surface area contributed by atoms with Gasteiger partial charge in [-0.05, 0) is 26.2 Å². The molecule has 0 unspecified atom stereocenters. The van der Waals surface area contributed by atoms with Crippen LogP contribution in [0, 0.1) is 5.92 Å². The molecule has 0 spiro atoms. The normalized spacial score (nSPS) is 14.4. The number of hydrogen-bond acceptors (Lipinski definition) is 3. The van der Waals surface area contributed by atoms with Gasteiger partial charge in [-0.25, -0.2) is 0 Å². The van der Waals surface area contributed by atoms with Gasteiger partial charge in [0.1, 0.15) is 0 Å². The molecule has 1 N–H and O–H groups in total. The Morgan fingerprint density at radius 2 is 2.07 bits per heavy atom. The molecule has 0 radical (unpaired) electrons. The van der Waals surface area contributed by atoms with Crippen molar-refractivity contribution in [2.75, 3.05) is 7.11 Å². The van der Waals surface area contributed by atoms with Gasteiger partial charge in [-0.2, -0.15) is 0 Å². The van der Waals surface area contributed by atoms with E-state index in [-0.39, 0.29) is 18.3 Å². The Kier molecular flexibility index (Phi) is 6.21. The van der Waals surface area contributed by atoms with Crippen molar-refractivity contribution in [3.8, 4) is 0 Å². The van der Waals surface area contributed by atoms with Crippen LogP contribution in [0.5, 0.6) is 0 Å². The van der Waals surface area contributed by atoms with Gasteiger partial charge < -0.3 is 9.84 Å². The van der Waals surface area contributed by atoms with E-state index in [2.05, 4.69) is 10.8 Å². The predicted octanol–water partition coefficient (Wildman–Crippen LogP) is 1.90. The monoisotopic (exact) mass is 200 g/mol. The number of methoxy groups -OCH3 is 1. The first kappa shape index (κ1) is 13.2. The lowest BCUT2D eigenvalue weighted by Gasteiger charge is -2.16. The molecule has 0 amide bonds. The molecule has 0 heterocycles. The molecular formula is C11H20O3. The van der Waals surface area contributed by atoms with Crippen molar-refractivity contribution in [2.24, 2.45) is 5.92 Å². The standard InChI is InChI=1S/C11H20O3/c1-8(2)5-6-9(3)10(12)7-11(13)14-4/h5,9-10,12H,6-7H2,1-4H3/t9-,10+/m1/s1. The van der Waals surface area contributed by atoms with E-state index in [1.807, 2.05) is 20.8 Å². The number of aliphatic hydroxyl groups excluding tert-OH is 1. The fourth-order valence-corrected chi connectivity index (χ4v) is 1.03. The van der Waals surface area contributed by atoms with Crippen LogP contribution >= 0.6 is 0 Å². The van der Waals surface area contributed by atoms with E-state index < -0.39 is 6.10 Å². The molecule has 0 bridgehead atoms. The molecule has 0 saturated carbocycles. The minimum absolute atomic E-state index is 0.0776. The largest absolute Gasteiger partial charge is 0.469 e. The van der Waals surface area contributed by atoms with Crippen LogP contribution in [0.3, 0.4) is 0 Å². The zero-order valence-electron chi connectivity index (χ0n) is 9.41. The summed E-state index contributed by atoms with van der Waals surface area (Å²) in [5.41, 5.74) is 1.22. The SMILES string of the molecule is COC(=O)C[C@H](O)[C@H](C)CC=C(C)C. The molecule has 2 atom stereocenters. The number of aliphatic hydroxyl groups is 1. The maximum absolute atomic E-state index is 10.9. The zero-order chi connectivity index (χ0) is 11.1. The molecule has 0 aromatic rings. The van der Waals surface area contributed by atoms with Crippen LogP contribution in [0.2, 0.25) is 0 Å². The number of carbonyl (C=O) groups excluding carboxylic acids is 1. The summed E-state index contributed by atoms with van der Waals surface area (Å²) in [6, 6.07) is 0. The molecule has 82 valence electrons. The number of allylic oxidation sites excluding steroid dienone is 2. The third-order valence-corrected chi connectivity index (χ3v) is 2.16. The smallest absolute Gasteiger partial charge is 0.308 e. The molecule has 0 aliphatic carbocycles. The number of ether oxygens (including phenoxy) is 1. The maximum Gasteiger partial charge on any atom is 0.308 e. The molecule has 0 aliphatic rings. The predicted molar refractivity (Wildman–Crippen MR) is 55.9 cm³/mol. The van der Waals surface area contributed by atoms with Gasteiger partial charge in [-0.1, -0.05) is 18.6 Å². The lowest BCUT2D eigenvalue weighted by Crippen LogP contribution is -2.21. The van der Waals surface area contributed by atoms with E-state index in [0.29, 0.717) is 0 Å². The number of hydrogen-bond donors (Lipinski definition) is 1. The van der Waals surface area contributed by atoms with Crippen LogP contribution in [0.15, 0.2) is 11.6 Å². The number of carbonyl (C=O) groups is 1. The lowest BCUT2D eigenvalue weighted by atomic mass is 9.97. The second-order valence-electron chi connectivity index (χ2n) is 3.84. The summed E-state index contributed by atoms with van der Waals surface area (Å²) in [6.45, 7) is 5.95. The van der Waals surface area contributed by atoms with Crippen molar-refractivity contribution >= 4 is 5.97 Å². The Morgan fingerprint density at radius 1 is 1.50 bits per heavy atom. The first-order valence-electron chi connectivity index (χ1n) is 4.85. The number of esters is 1. The fraction of sp³-hybridized carbons (Fsp3) is 0.727. The summed E-state index contributed by atoms with van der Waals surface area (Å²) in [5.74, 6) is -0.273. The van der Waals surface area contributed by atoms with E-state index >= 15 is 0 Å². The third kappa shape index (κ3) is 5.75. The summed E-state index contributed by atoms with van der Waals surface area (Å²) >= 11 is 0. The topological polar surface area (TPSA) is 46.5 Å². The highest BCUT2D eigenvalue weighted by atomic mass is 16.5.